The minimum absolute atomic E-state index is 0.358. The zero-order valence-corrected chi connectivity index (χ0v) is 12.5. The van der Waals surface area contributed by atoms with Crippen molar-refractivity contribution in [2.75, 3.05) is 6.61 Å². The predicted octanol–water partition coefficient (Wildman–Crippen LogP) is 1.80. The van der Waals surface area contributed by atoms with E-state index in [4.69, 9.17) is 14.0 Å². The maximum atomic E-state index is 10.1. The summed E-state index contributed by atoms with van der Waals surface area (Å²) in [5, 5.41) is 10.1. The summed E-state index contributed by atoms with van der Waals surface area (Å²) in [6, 6.07) is 5.76. The molecule has 2 heterocycles. The van der Waals surface area contributed by atoms with Gasteiger partial charge in [-0.2, -0.15) is 0 Å². The SMILES string of the molecule is CC1(C)OB(c2ccc3c(c2)C(O)CCO3)OC1(C)C. The van der Waals surface area contributed by atoms with Crippen LogP contribution in [0.15, 0.2) is 18.2 Å². The molecule has 4 nitrogen and oxygen atoms in total. The minimum Gasteiger partial charge on any atom is -0.493 e. The lowest BCUT2D eigenvalue weighted by molar-refractivity contribution is 0.00578. The van der Waals surface area contributed by atoms with Gasteiger partial charge in [-0.3, -0.25) is 0 Å². The Kier molecular flexibility index (Phi) is 3.12. The molecule has 2 aliphatic rings. The average molecular weight is 276 g/mol. The molecular formula is C15H21BO4. The molecule has 0 saturated carbocycles. The summed E-state index contributed by atoms with van der Waals surface area (Å²) in [7, 11) is -0.403. The Balaban J connectivity index is 1.91. The van der Waals surface area contributed by atoms with Crippen molar-refractivity contribution < 1.29 is 19.2 Å². The second-order valence-corrected chi connectivity index (χ2v) is 6.54. The topological polar surface area (TPSA) is 47.9 Å². The van der Waals surface area contributed by atoms with Crippen molar-refractivity contribution in [3.63, 3.8) is 0 Å². The molecule has 108 valence electrons. The van der Waals surface area contributed by atoms with Crippen LogP contribution in [0.3, 0.4) is 0 Å². The summed E-state index contributed by atoms with van der Waals surface area (Å²) in [4.78, 5) is 0. The molecule has 0 bridgehead atoms. The quantitative estimate of drug-likeness (QED) is 0.795. The largest absolute Gasteiger partial charge is 0.494 e. The molecule has 0 spiro atoms. The third-order valence-electron chi connectivity index (χ3n) is 4.57. The van der Waals surface area contributed by atoms with E-state index in [9.17, 15) is 5.11 Å². The highest BCUT2D eigenvalue weighted by atomic mass is 16.7. The lowest BCUT2D eigenvalue weighted by atomic mass is 9.77. The monoisotopic (exact) mass is 276 g/mol. The average Bonchev–Trinajstić information content (AvgIpc) is 2.59. The van der Waals surface area contributed by atoms with Gasteiger partial charge in [-0.25, -0.2) is 0 Å². The molecule has 20 heavy (non-hydrogen) atoms. The van der Waals surface area contributed by atoms with E-state index in [0.29, 0.717) is 13.0 Å². The van der Waals surface area contributed by atoms with Gasteiger partial charge in [-0.05, 0) is 39.2 Å². The molecule has 0 aromatic heterocycles. The van der Waals surface area contributed by atoms with E-state index in [0.717, 1.165) is 16.8 Å². The van der Waals surface area contributed by atoms with Gasteiger partial charge in [-0.1, -0.05) is 12.1 Å². The van der Waals surface area contributed by atoms with Crippen molar-refractivity contribution in [1.82, 2.24) is 0 Å². The number of hydrogen-bond donors (Lipinski definition) is 1. The van der Waals surface area contributed by atoms with E-state index in [1.165, 1.54) is 0 Å². The van der Waals surface area contributed by atoms with Crippen LogP contribution in [0, 0.1) is 0 Å². The van der Waals surface area contributed by atoms with Gasteiger partial charge in [0.25, 0.3) is 0 Å². The Labute approximate surface area is 120 Å². The van der Waals surface area contributed by atoms with Crippen LogP contribution in [0.5, 0.6) is 5.75 Å². The zero-order valence-electron chi connectivity index (χ0n) is 12.5. The van der Waals surface area contributed by atoms with Crippen LogP contribution in [0.4, 0.5) is 0 Å². The molecule has 1 aromatic carbocycles. The van der Waals surface area contributed by atoms with Gasteiger partial charge in [-0.15, -0.1) is 0 Å². The summed E-state index contributed by atoms with van der Waals surface area (Å²) in [6.45, 7) is 8.68. The number of benzene rings is 1. The molecule has 1 saturated heterocycles. The molecule has 1 fully saturated rings. The lowest BCUT2D eigenvalue weighted by Crippen LogP contribution is -2.41. The van der Waals surface area contributed by atoms with Crippen molar-refractivity contribution in [1.29, 1.82) is 0 Å². The van der Waals surface area contributed by atoms with Crippen LogP contribution in [0.2, 0.25) is 0 Å². The van der Waals surface area contributed by atoms with Crippen LogP contribution in [-0.2, 0) is 9.31 Å². The first-order valence-corrected chi connectivity index (χ1v) is 7.10. The molecule has 2 aliphatic heterocycles. The first kappa shape index (κ1) is 13.9. The van der Waals surface area contributed by atoms with Crippen LogP contribution in [0.1, 0.15) is 45.8 Å². The van der Waals surface area contributed by atoms with E-state index in [1.807, 2.05) is 45.9 Å². The Hall–Kier alpha value is -1.04. The fraction of sp³-hybridized carbons (Fsp3) is 0.600. The molecular weight excluding hydrogens is 255 g/mol. The highest BCUT2D eigenvalue weighted by Crippen LogP contribution is 2.37. The van der Waals surface area contributed by atoms with Gasteiger partial charge < -0.3 is 19.2 Å². The van der Waals surface area contributed by atoms with E-state index in [-0.39, 0.29) is 11.2 Å². The maximum Gasteiger partial charge on any atom is 0.494 e. The van der Waals surface area contributed by atoms with Gasteiger partial charge in [0.15, 0.2) is 0 Å². The molecule has 0 radical (unpaired) electrons. The Morgan fingerprint density at radius 1 is 1.15 bits per heavy atom. The summed E-state index contributed by atoms with van der Waals surface area (Å²) < 4.78 is 17.6. The first-order chi connectivity index (χ1) is 9.30. The number of hydrogen-bond acceptors (Lipinski definition) is 4. The van der Waals surface area contributed by atoms with Gasteiger partial charge in [0.1, 0.15) is 5.75 Å². The van der Waals surface area contributed by atoms with E-state index < -0.39 is 13.2 Å². The number of rotatable bonds is 1. The zero-order chi connectivity index (χ0) is 14.5. The van der Waals surface area contributed by atoms with Crippen molar-refractivity contribution >= 4 is 12.6 Å². The molecule has 1 aromatic rings. The van der Waals surface area contributed by atoms with Gasteiger partial charge >= 0.3 is 7.12 Å². The Morgan fingerprint density at radius 2 is 1.80 bits per heavy atom. The fourth-order valence-electron chi connectivity index (χ4n) is 2.52. The highest BCUT2D eigenvalue weighted by Gasteiger charge is 2.51. The molecule has 3 rings (SSSR count). The second-order valence-electron chi connectivity index (χ2n) is 6.54. The van der Waals surface area contributed by atoms with Crippen LogP contribution in [-0.4, -0.2) is 30.0 Å². The molecule has 0 amide bonds. The third-order valence-corrected chi connectivity index (χ3v) is 4.57. The summed E-state index contributed by atoms with van der Waals surface area (Å²) >= 11 is 0. The molecule has 1 unspecified atom stereocenters. The van der Waals surface area contributed by atoms with Gasteiger partial charge in [0, 0.05) is 12.0 Å². The highest BCUT2D eigenvalue weighted by molar-refractivity contribution is 6.62. The minimum atomic E-state index is -0.471. The van der Waals surface area contributed by atoms with Crippen molar-refractivity contribution in [2.45, 2.75) is 51.4 Å². The van der Waals surface area contributed by atoms with Crippen LogP contribution in [0.25, 0.3) is 0 Å². The second kappa shape index (κ2) is 4.48. The van der Waals surface area contributed by atoms with Gasteiger partial charge in [0.2, 0.25) is 0 Å². The first-order valence-electron chi connectivity index (χ1n) is 7.10. The van der Waals surface area contributed by atoms with E-state index in [1.54, 1.807) is 0 Å². The summed E-state index contributed by atoms with van der Waals surface area (Å²) in [5.74, 6) is 0.754. The maximum absolute atomic E-state index is 10.1. The molecule has 5 heteroatoms. The summed E-state index contributed by atoms with van der Waals surface area (Å²) in [5.41, 5.74) is 1.03. The third kappa shape index (κ3) is 2.14. The van der Waals surface area contributed by atoms with Crippen molar-refractivity contribution in [3.8, 4) is 5.75 Å². The number of aliphatic hydroxyl groups is 1. The fourth-order valence-corrected chi connectivity index (χ4v) is 2.52. The standard InChI is InChI=1S/C15H21BO4/c1-14(2)15(3,4)20-16(19-14)10-5-6-13-11(9-10)12(17)7-8-18-13/h5-6,9,12,17H,7-8H2,1-4H3. The van der Waals surface area contributed by atoms with Crippen molar-refractivity contribution in [3.05, 3.63) is 23.8 Å². The summed E-state index contributed by atoms with van der Waals surface area (Å²) in [6.07, 6.45) is 0.154. The molecule has 1 atom stereocenters. The molecule has 0 aliphatic carbocycles. The van der Waals surface area contributed by atoms with Crippen molar-refractivity contribution in [2.24, 2.45) is 0 Å². The number of aliphatic hydroxyl groups excluding tert-OH is 1. The smallest absolute Gasteiger partial charge is 0.493 e. The predicted molar refractivity (Wildman–Crippen MR) is 77.2 cm³/mol. The van der Waals surface area contributed by atoms with Gasteiger partial charge in [0.05, 0.1) is 23.9 Å². The van der Waals surface area contributed by atoms with E-state index >= 15 is 0 Å². The number of fused-ring (bicyclic) bond motifs is 1. The van der Waals surface area contributed by atoms with Crippen LogP contribution >= 0.6 is 0 Å². The Bertz CT molecular complexity index is 511. The van der Waals surface area contributed by atoms with Crippen LogP contribution < -0.4 is 10.2 Å². The number of ether oxygens (including phenoxy) is 1. The molecule has 1 N–H and O–H groups in total. The Morgan fingerprint density at radius 3 is 2.45 bits per heavy atom. The lowest BCUT2D eigenvalue weighted by Gasteiger charge is -2.32. The van der Waals surface area contributed by atoms with E-state index in [2.05, 4.69) is 0 Å². The normalized spacial score (nSPS) is 27.1.